The lowest BCUT2D eigenvalue weighted by atomic mass is 10.0. The van der Waals surface area contributed by atoms with Gasteiger partial charge >= 0.3 is 0 Å². The molecule has 0 saturated carbocycles. The molecule has 1 aromatic heterocycles. The average molecular weight is 352 g/mol. The Bertz CT molecular complexity index is 732. The minimum atomic E-state index is 0.135. The van der Waals surface area contributed by atoms with Gasteiger partial charge in [0.05, 0.1) is 4.83 Å². The number of hydrogen-bond donors (Lipinski definition) is 0. The highest BCUT2D eigenvalue weighted by Crippen LogP contribution is 2.41. The number of benzene rings is 2. The number of rotatable bonds is 2. The molecule has 0 amide bonds. The van der Waals surface area contributed by atoms with Gasteiger partial charge in [-0.05, 0) is 40.4 Å². The molecule has 0 bridgehead atoms. The number of hydrogen-bond acceptors (Lipinski definition) is 1. The van der Waals surface area contributed by atoms with E-state index in [0.717, 1.165) is 16.1 Å². The van der Waals surface area contributed by atoms with Crippen LogP contribution in [-0.2, 0) is 0 Å². The predicted molar refractivity (Wildman–Crippen MR) is 88.8 cm³/mol. The van der Waals surface area contributed by atoms with E-state index in [1.54, 1.807) is 11.3 Å². The highest BCUT2D eigenvalue weighted by Gasteiger charge is 2.18. The summed E-state index contributed by atoms with van der Waals surface area (Å²) in [7, 11) is 0. The lowest BCUT2D eigenvalue weighted by Gasteiger charge is -2.13. The van der Waals surface area contributed by atoms with Crippen LogP contribution in [0.3, 0.4) is 0 Å². The molecule has 1 unspecified atom stereocenters. The van der Waals surface area contributed by atoms with E-state index in [1.165, 1.54) is 15.6 Å². The van der Waals surface area contributed by atoms with Crippen LogP contribution >= 0.6 is 38.9 Å². The molecule has 0 radical (unpaired) electrons. The molecule has 1 heterocycles. The Morgan fingerprint density at radius 2 is 1.84 bits per heavy atom. The van der Waals surface area contributed by atoms with Crippen molar-refractivity contribution in [1.29, 1.82) is 0 Å². The maximum absolute atomic E-state index is 6.43. The van der Waals surface area contributed by atoms with E-state index in [1.807, 2.05) is 13.0 Å². The fourth-order valence-electron chi connectivity index (χ4n) is 2.23. The molecule has 0 aliphatic rings. The third-order valence-corrected chi connectivity index (χ3v) is 5.76. The van der Waals surface area contributed by atoms with Gasteiger partial charge in [-0.15, -0.1) is 11.3 Å². The van der Waals surface area contributed by atoms with E-state index in [-0.39, 0.29) is 4.83 Å². The van der Waals surface area contributed by atoms with Gasteiger partial charge in [0.2, 0.25) is 0 Å². The van der Waals surface area contributed by atoms with E-state index in [4.69, 9.17) is 11.6 Å². The Morgan fingerprint density at radius 3 is 2.68 bits per heavy atom. The summed E-state index contributed by atoms with van der Waals surface area (Å²) < 4.78 is 1.31. The molecule has 0 fully saturated rings. The van der Waals surface area contributed by atoms with E-state index in [2.05, 4.69) is 57.7 Å². The summed E-state index contributed by atoms with van der Waals surface area (Å²) in [6.07, 6.45) is 0. The SMILES string of the molecule is Cc1cccc(C(Br)c2csc3ccccc23)c1Cl. The molecule has 3 aromatic rings. The summed E-state index contributed by atoms with van der Waals surface area (Å²) in [4.78, 5) is 0.135. The van der Waals surface area contributed by atoms with Crippen LogP contribution in [0.15, 0.2) is 47.8 Å². The van der Waals surface area contributed by atoms with Crippen molar-refractivity contribution in [1.82, 2.24) is 0 Å². The zero-order chi connectivity index (χ0) is 13.4. The average Bonchev–Trinajstić information content (AvgIpc) is 2.85. The Hall–Kier alpha value is -0.830. The number of alkyl halides is 1. The van der Waals surface area contributed by atoms with Gasteiger partial charge in [0.25, 0.3) is 0 Å². The second kappa shape index (κ2) is 5.28. The summed E-state index contributed by atoms with van der Waals surface area (Å²) in [5.74, 6) is 0. The summed E-state index contributed by atoms with van der Waals surface area (Å²) in [6, 6.07) is 14.7. The molecule has 0 aliphatic heterocycles. The molecule has 2 aromatic carbocycles. The zero-order valence-electron chi connectivity index (χ0n) is 10.4. The maximum Gasteiger partial charge on any atom is 0.0673 e. The summed E-state index contributed by atoms with van der Waals surface area (Å²) in [5.41, 5.74) is 3.53. The van der Waals surface area contributed by atoms with Crippen molar-refractivity contribution in [3.8, 4) is 0 Å². The number of fused-ring (bicyclic) bond motifs is 1. The second-order valence-corrected chi connectivity index (χ2v) is 6.73. The molecule has 0 nitrogen and oxygen atoms in total. The third kappa shape index (κ3) is 2.33. The largest absolute Gasteiger partial charge is 0.143 e. The van der Waals surface area contributed by atoms with Gasteiger partial charge in [-0.25, -0.2) is 0 Å². The topological polar surface area (TPSA) is 0 Å². The molecular weight excluding hydrogens is 340 g/mol. The lowest BCUT2D eigenvalue weighted by molar-refractivity contribution is 1.20. The van der Waals surface area contributed by atoms with Crippen LogP contribution in [0.2, 0.25) is 5.02 Å². The van der Waals surface area contributed by atoms with Gasteiger partial charge < -0.3 is 0 Å². The van der Waals surface area contributed by atoms with Crippen LogP contribution in [0.4, 0.5) is 0 Å². The quantitative estimate of drug-likeness (QED) is 0.472. The molecule has 19 heavy (non-hydrogen) atoms. The van der Waals surface area contributed by atoms with E-state index < -0.39 is 0 Å². The van der Waals surface area contributed by atoms with Crippen molar-refractivity contribution in [3.63, 3.8) is 0 Å². The Morgan fingerprint density at radius 1 is 1.05 bits per heavy atom. The van der Waals surface area contributed by atoms with Crippen molar-refractivity contribution in [2.75, 3.05) is 0 Å². The highest BCUT2D eigenvalue weighted by atomic mass is 79.9. The molecule has 0 saturated heterocycles. The van der Waals surface area contributed by atoms with Crippen molar-refractivity contribution in [2.45, 2.75) is 11.8 Å². The first-order valence-corrected chi connectivity index (χ1v) is 8.21. The van der Waals surface area contributed by atoms with E-state index in [0.29, 0.717) is 0 Å². The molecule has 96 valence electrons. The molecule has 0 N–H and O–H groups in total. The minimum absolute atomic E-state index is 0.135. The van der Waals surface area contributed by atoms with E-state index in [9.17, 15) is 0 Å². The number of halogens is 2. The smallest absolute Gasteiger partial charge is 0.0673 e. The summed E-state index contributed by atoms with van der Waals surface area (Å²) >= 11 is 12.0. The molecule has 1 atom stereocenters. The third-order valence-electron chi connectivity index (χ3n) is 3.28. The maximum atomic E-state index is 6.43. The van der Waals surface area contributed by atoms with Crippen LogP contribution in [0.5, 0.6) is 0 Å². The van der Waals surface area contributed by atoms with Crippen LogP contribution in [0.25, 0.3) is 10.1 Å². The molecular formula is C16H12BrClS. The van der Waals surface area contributed by atoms with Crippen molar-refractivity contribution < 1.29 is 0 Å². The van der Waals surface area contributed by atoms with Gasteiger partial charge in [-0.3, -0.25) is 0 Å². The first-order chi connectivity index (χ1) is 9.18. The molecule has 3 heteroatoms. The monoisotopic (exact) mass is 350 g/mol. The Balaban J connectivity index is 2.13. The highest BCUT2D eigenvalue weighted by molar-refractivity contribution is 9.09. The van der Waals surface area contributed by atoms with Gasteiger partial charge in [-0.1, -0.05) is 63.9 Å². The van der Waals surface area contributed by atoms with Gasteiger partial charge in [0.15, 0.2) is 0 Å². The fourth-order valence-corrected chi connectivity index (χ4v) is 4.52. The van der Waals surface area contributed by atoms with Crippen molar-refractivity contribution in [3.05, 3.63) is 69.6 Å². The summed E-state index contributed by atoms with van der Waals surface area (Å²) in [5, 5.41) is 4.36. The fraction of sp³-hybridized carbons (Fsp3) is 0.125. The normalized spacial score (nSPS) is 12.8. The first-order valence-electron chi connectivity index (χ1n) is 6.03. The number of thiophene rings is 1. The zero-order valence-corrected chi connectivity index (χ0v) is 13.5. The summed E-state index contributed by atoms with van der Waals surface area (Å²) in [6.45, 7) is 2.04. The van der Waals surface area contributed by atoms with Crippen molar-refractivity contribution in [2.24, 2.45) is 0 Å². The van der Waals surface area contributed by atoms with Crippen LogP contribution in [0.1, 0.15) is 21.5 Å². The van der Waals surface area contributed by atoms with Gasteiger partial charge in [-0.2, -0.15) is 0 Å². The van der Waals surface area contributed by atoms with Gasteiger partial charge in [0.1, 0.15) is 0 Å². The van der Waals surface area contributed by atoms with Gasteiger partial charge in [0, 0.05) is 9.72 Å². The van der Waals surface area contributed by atoms with Crippen molar-refractivity contribution >= 4 is 49.0 Å². The number of aryl methyl sites for hydroxylation is 1. The molecule has 0 spiro atoms. The van der Waals surface area contributed by atoms with Crippen LogP contribution in [-0.4, -0.2) is 0 Å². The predicted octanol–water partition coefficient (Wildman–Crippen LogP) is 6.35. The van der Waals surface area contributed by atoms with Crippen LogP contribution in [0, 0.1) is 6.92 Å². The lowest BCUT2D eigenvalue weighted by Crippen LogP contribution is -1.94. The second-order valence-electron chi connectivity index (χ2n) is 4.53. The Labute approximate surface area is 130 Å². The standard InChI is InChI=1S/C16H12BrClS/c1-10-5-4-7-12(16(10)18)15(17)13-9-19-14-8-3-2-6-11(13)14/h2-9,15H,1H3. The first kappa shape index (κ1) is 13.2. The molecule has 0 aliphatic carbocycles. The minimum Gasteiger partial charge on any atom is -0.143 e. The molecule has 3 rings (SSSR count). The Kier molecular flexibility index (Phi) is 3.66. The van der Waals surface area contributed by atoms with Crippen LogP contribution < -0.4 is 0 Å². The van der Waals surface area contributed by atoms with E-state index >= 15 is 0 Å².